The zero-order chi connectivity index (χ0) is 15.3. The molecule has 0 spiro atoms. The number of aryl methyl sites for hydroxylation is 1. The van der Waals surface area contributed by atoms with E-state index in [4.69, 9.17) is 0 Å². The fourth-order valence-electron chi connectivity index (χ4n) is 1.55. The van der Waals surface area contributed by atoms with Crippen LogP contribution in [0.4, 0.5) is 0 Å². The molecule has 20 heavy (non-hydrogen) atoms. The first-order chi connectivity index (χ1) is 9.32. The first-order valence-electron chi connectivity index (χ1n) is 6.32. The number of carboxylic acid groups (broad SMARTS) is 1. The van der Waals surface area contributed by atoms with Crippen molar-refractivity contribution >= 4 is 23.6 Å². The maximum Gasteiger partial charge on any atom is 0.340 e. The van der Waals surface area contributed by atoms with Gasteiger partial charge in [-0.3, -0.25) is 4.79 Å². The highest BCUT2D eigenvalue weighted by Crippen LogP contribution is 2.24. The van der Waals surface area contributed by atoms with E-state index in [1.807, 2.05) is 13.8 Å². The third kappa shape index (κ3) is 4.48. The number of rotatable bonds is 6. The normalized spacial score (nSPS) is 10.7. The van der Waals surface area contributed by atoms with Gasteiger partial charge in [0.2, 0.25) is 5.91 Å². The Bertz CT molecular complexity index is 518. The molecule has 0 unspecified atom stereocenters. The second kappa shape index (κ2) is 7.23. The number of carbonyl (C=O) groups excluding carboxylic acids is 1. The van der Waals surface area contributed by atoms with Crippen LogP contribution in [-0.2, 0) is 4.79 Å². The average molecular weight is 297 g/mol. The summed E-state index contributed by atoms with van der Waals surface area (Å²) < 4.78 is 0. The van der Waals surface area contributed by atoms with Gasteiger partial charge < -0.3 is 10.4 Å². The highest BCUT2D eigenvalue weighted by Gasteiger charge is 2.19. The van der Waals surface area contributed by atoms with E-state index in [1.54, 1.807) is 6.92 Å². The van der Waals surface area contributed by atoms with Crippen molar-refractivity contribution in [3.8, 4) is 0 Å². The van der Waals surface area contributed by atoms with Gasteiger partial charge in [-0.2, -0.15) is 0 Å². The Morgan fingerprint density at radius 3 is 2.50 bits per heavy atom. The van der Waals surface area contributed by atoms with Crippen LogP contribution in [0.3, 0.4) is 0 Å². The number of carbonyl (C=O) groups is 2. The number of hydrogen-bond acceptors (Lipinski definition) is 5. The molecule has 110 valence electrons. The fraction of sp³-hybridized carbons (Fsp3) is 0.538. The van der Waals surface area contributed by atoms with Gasteiger partial charge in [-0.1, -0.05) is 13.8 Å². The number of nitrogens with one attached hydrogen (secondary N) is 1. The summed E-state index contributed by atoms with van der Waals surface area (Å²) in [5.41, 5.74) is 0.612. The lowest BCUT2D eigenvalue weighted by atomic mass is 10.2. The van der Waals surface area contributed by atoms with E-state index < -0.39 is 5.97 Å². The second-order valence-electron chi connectivity index (χ2n) is 4.64. The van der Waals surface area contributed by atoms with Gasteiger partial charge in [-0.25, -0.2) is 14.8 Å². The van der Waals surface area contributed by atoms with E-state index in [1.165, 1.54) is 18.7 Å². The molecule has 6 nitrogen and oxygen atoms in total. The minimum atomic E-state index is -1.03. The van der Waals surface area contributed by atoms with E-state index in [0.717, 1.165) is 0 Å². The molecule has 0 aliphatic rings. The Labute approximate surface area is 122 Å². The van der Waals surface area contributed by atoms with Crippen molar-refractivity contribution in [3.63, 3.8) is 0 Å². The fourth-order valence-corrected chi connectivity index (χ4v) is 2.49. The molecule has 0 aliphatic heterocycles. The largest absolute Gasteiger partial charge is 0.478 e. The van der Waals surface area contributed by atoms with Crippen LogP contribution in [0.5, 0.6) is 0 Å². The summed E-state index contributed by atoms with van der Waals surface area (Å²) in [6.45, 7) is 7.51. The van der Waals surface area contributed by atoms with Gasteiger partial charge in [0, 0.05) is 25.1 Å². The standard InChI is InChI=1S/C13H19N3O3S/c1-7(2)11-15-8(3)10(13(18)19)12(16-11)20-6-5-14-9(4)17/h7H,5-6H2,1-4H3,(H,14,17)(H,18,19). The molecular formula is C13H19N3O3S. The van der Waals surface area contributed by atoms with Crippen LogP contribution in [0.15, 0.2) is 5.03 Å². The first kappa shape index (κ1) is 16.4. The number of carboxylic acids is 1. The van der Waals surface area contributed by atoms with Crippen molar-refractivity contribution in [3.05, 3.63) is 17.1 Å². The third-order valence-corrected chi connectivity index (χ3v) is 3.50. The highest BCUT2D eigenvalue weighted by molar-refractivity contribution is 7.99. The number of nitrogens with zero attached hydrogens (tertiary/aromatic N) is 2. The Morgan fingerprint density at radius 1 is 1.35 bits per heavy atom. The zero-order valence-corrected chi connectivity index (χ0v) is 12.9. The topological polar surface area (TPSA) is 92.2 Å². The molecule has 0 atom stereocenters. The molecule has 1 amide bonds. The van der Waals surface area contributed by atoms with Crippen LogP contribution in [0.25, 0.3) is 0 Å². The Kier molecular flexibility index (Phi) is 5.94. The van der Waals surface area contributed by atoms with Crippen LogP contribution >= 0.6 is 11.8 Å². The van der Waals surface area contributed by atoms with Gasteiger partial charge in [0.25, 0.3) is 0 Å². The second-order valence-corrected chi connectivity index (χ2v) is 5.72. The zero-order valence-electron chi connectivity index (χ0n) is 12.1. The van der Waals surface area contributed by atoms with Crippen LogP contribution in [0.2, 0.25) is 0 Å². The maximum absolute atomic E-state index is 11.3. The van der Waals surface area contributed by atoms with Gasteiger partial charge in [0.05, 0.1) is 5.69 Å². The molecule has 1 heterocycles. The highest BCUT2D eigenvalue weighted by atomic mass is 32.2. The van der Waals surface area contributed by atoms with E-state index in [2.05, 4.69) is 15.3 Å². The van der Waals surface area contributed by atoms with Gasteiger partial charge in [-0.05, 0) is 6.92 Å². The quantitative estimate of drug-likeness (QED) is 0.473. The van der Waals surface area contributed by atoms with Gasteiger partial charge in [0.15, 0.2) is 0 Å². The number of thioether (sulfide) groups is 1. The Balaban J connectivity index is 2.95. The third-order valence-electron chi connectivity index (χ3n) is 2.52. The number of aromatic carboxylic acids is 1. The smallest absolute Gasteiger partial charge is 0.340 e. The lowest BCUT2D eigenvalue weighted by Gasteiger charge is -2.12. The van der Waals surface area contributed by atoms with Crippen molar-refractivity contribution in [2.24, 2.45) is 0 Å². The number of aromatic nitrogens is 2. The van der Waals surface area contributed by atoms with E-state index in [0.29, 0.717) is 28.8 Å². The van der Waals surface area contributed by atoms with Gasteiger partial charge >= 0.3 is 5.97 Å². The molecule has 0 saturated carbocycles. The van der Waals surface area contributed by atoms with Crippen LogP contribution in [-0.4, -0.2) is 39.2 Å². The van der Waals surface area contributed by atoms with E-state index in [-0.39, 0.29) is 17.4 Å². The lowest BCUT2D eigenvalue weighted by Crippen LogP contribution is -2.22. The molecule has 7 heteroatoms. The van der Waals surface area contributed by atoms with Crippen molar-refractivity contribution in [2.75, 3.05) is 12.3 Å². The molecule has 1 aromatic heterocycles. The molecule has 1 aromatic rings. The minimum Gasteiger partial charge on any atom is -0.478 e. The maximum atomic E-state index is 11.3. The summed E-state index contributed by atoms with van der Waals surface area (Å²) in [7, 11) is 0. The summed E-state index contributed by atoms with van der Waals surface area (Å²) in [6, 6.07) is 0. The SMILES string of the molecule is CC(=O)NCCSc1nc(C(C)C)nc(C)c1C(=O)O. The molecule has 0 radical (unpaired) electrons. The Morgan fingerprint density at radius 2 is 2.00 bits per heavy atom. The molecule has 0 fully saturated rings. The van der Waals surface area contributed by atoms with Crippen molar-refractivity contribution in [2.45, 2.75) is 38.6 Å². The van der Waals surface area contributed by atoms with Gasteiger partial charge in [-0.15, -0.1) is 11.8 Å². The molecule has 2 N–H and O–H groups in total. The molecule has 0 saturated heterocycles. The predicted molar refractivity (Wildman–Crippen MR) is 77.2 cm³/mol. The molecule has 1 rings (SSSR count). The molecule has 0 aliphatic carbocycles. The monoisotopic (exact) mass is 297 g/mol. The van der Waals surface area contributed by atoms with Gasteiger partial charge in [0.1, 0.15) is 16.4 Å². The van der Waals surface area contributed by atoms with Crippen molar-refractivity contribution in [1.29, 1.82) is 0 Å². The average Bonchev–Trinajstić information content (AvgIpc) is 2.33. The summed E-state index contributed by atoms with van der Waals surface area (Å²) in [4.78, 5) is 30.7. The summed E-state index contributed by atoms with van der Waals surface area (Å²) in [6.07, 6.45) is 0. The van der Waals surface area contributed by atoms with Crippen molar-refractivity contribution < 1.29 is 14.7 Å². The van der Waals surface area contributed by atoms with Crippen molar-refractivity contribution in [1.82, 2.24) is 15.3 Å². The van der Waals surface area contributed by atoms with Crippen LogP contribution < -0.4 is 5.32 Å². The molecular weight excluding hydrogens is 278 g/mol. The van der Waals surface area contributed by atoms with E-state index in [9.17, 15) is 14.7 Å². The van der Waals surface area contributed by atoms with Crippen LogP contribution in [0, 0.1) is 6.92 Å². The number of amides is 1. The summed E-state index contributed by atoms with van der Waals surface area (Å²) in [5.74, 6) is 0.194. The molecule has 0 bridgehead atoms. The Hall–Kier alpha value is -1.63. The minimum absolute atomic E-state index is 0.106. The first-order valence-corrected chi connectivity index (χ1v) is 7.30. The predicted octanol–water partition coefficient (Wildman–Crippen LogP) is 1.83. The number of hydrogen-bond donors (Lipinski definition) is 2. The molecule has 0 aromatic carbocycles. The van der Waals surface area contributed by atoms with Crippen LogP contribution in [0.1, 0.15) is 48.6 Å². The summed E-state index contributed by atoms with van der Waals surface area (Å²) >= 11 is 1.32. The lowest BCUT2D eigenvalue weighted by molar-refractivity contribution is -0.118. The van der Waals surface area contributed by atoms with E-state index >= 15 is 0 Å². The summed E-state index contributed by atoms with van der Waals surface area (Å²) in [5, 5.41) is 12.4.